The van der Waals surface area contributed by atoms with E-state index < -0.39 is 26.0 Å². The van der Waals surface area contributed by atoms with E-state index in [2.05, 4.69) is 25.0 Å². The minimum atomic E-state index is -3.66. The molecule has 0 spiro atoms. The predicted octanol–water partition coefficient (Wildman–Crippen LogP) is 1.21. The Balaban J connectivity index is 1.85. The number of imidazole rings is 1. The fourth-order valence-corrected chi connectivity index (χ4v) is 2.94. The third-order valence-electron chi connectivity index (χ3n) is 3.58. The first-order valence-corrected chi connectivity index (χ1v) is 8.99. The SMILES string of the molecule is CP(=O)(O)OC[C@H]1O[C@@H](n2cnc3c(N)ncnc32)C[C@@H]1N=[N+]=[N-]. The van der Waals surface area contributed by atoms with Crippen molar-refractivity contribution >= 4 is 24.6 Å². The number of rotatable bonds is 5. The number of anilines is 1. The smallest absolute Gasteiger partial charge is 0.325 e. The van der Waals surface area contributed by atoms with Crippen LogP contribution < -0.4 is 5.73 Å². The maximum absolute atomic E-state index is 11.3. The zero-order chi connectivity index (χ0) is 17.3. The third kappa shape index (κ3) is 3.32. The molecule has 0 aliphatic carbocycles. The normalized spacial score (nSPS) is 26.2. The van der Waals surface area contributed by atoms with E-state index in [1.165, 1.54) is 12.7 Å². The molecule has 3 N–H and O–H groups in total. The molecular weight excluding hydrogens is 339 g/mol. The highest BCUT2D eigenvalue weighted by Gasteiger charge is 2.37. The first kappa shape index (κ1) is 16.6. The minimum Gasteiger partial charge on any atom is -0.382 e. The minimum absolute atomic E-state index is 0.172. The number of hydrogen-bond donors (Lipinski definition) is 2. The Morgan fingerprint density at radius 1 is 1.62 bits per heavy atom. The van der Waals surface area contributed by atoms with Gasteiger partial charge in [0.2, 0.25) is 0 Å². The summed E-state index contributed by atoms with van der Waals surface area (Å²) in [5.41, 5.74) is 15.4. The predicted molar refractivity (Wildman–Crippen MR) is 82.9 cm³/mol. The summed E-state index contributed by atoms with van der Waals surface area (Å²) in [6.07, 6.45) is 1.97. The van der Waals surface area contributed by atoms with Gasteiger partial charge in [-0.05, 0) is 5.53 Å². The van der Waals surface area contributed by atoms with Gasteiger partial charge in [0.1, 0.15) is 18.1 Å². The Kier molecular flexibility index (Phi) is 4.39. The number of fused-ring (bicyclic) bond motifs is 1. The first-order valence-electron chi connectivity index (χ1n) is 6.96. The molecule has 0 saturated carbocycles. The van der Waals surface area contributed by atoms with Crippen LogP contribution in [0.4, 0.5) is 5.82 Å². The van der Waals surface area contributed by atoms with Crippen molar-refractivity contribution in [2.24, 2.45) is 5.11 Å². The van der Waals surface area contributed by atoms with Gasteiger partial charge >= 0.3 is 7.60 Å². The molecule has 1 saturated heterocycles. The van der Waals surface area contributed by atoms with Gasteiger partial charge in [0.15, 0.2) is 11.5 Å². The molecule has 4 atom stereocenters. The molecule has 2 aromatic heterocycles. The standard InChI is InChI=1S/C11H15N8O4P/c1-24(20,21)22-3-7-6(17-18-13)2-8(23-7)19-5-16-9-10(12)14-4-15-11(9)19/h4-8H,2-3H2,1H3,(H,20,21)(H2,12,14,15)/t6-,7+,8+/m0/s1. The van der Waals surface area contributed by atoms with Gasteiger partial charge in [0, 0.05) is 18.0 Å². The molecule has 3 rings (SSSR count). The quantitative estimate of drug-likeness (QED) is 0.348. The van der Waals surface area contributed by atoms with Crippen molar-refractivity contribution in [2.45, 2.75) is 24.8 Å². The van der Waals surface area contributed by atoms with Gasteiger partial charge in [-0.25, -0.2) is 15.0 Å². The van der Waals surface area contributed by atoms with Crippen LogP contribution in [0.5, 0.6) is 0 Å². The lowest BCUT2D eigenvalue weighted by Crippen LogP contribution is -2.24. The van der Waals surface area contributed by atoms with Crippen LogP contribution >= 0.6 is 7.60 Å². The lowest BCUT2D eigenvalue weighted by Gasteiger charge is -2.17. The van der Waals surface area contributed by atoms with E-state index >= 15 is 0 Å². The van der Waals surface area contributed by atoms with Crippen LogP contribution in [0.3, 0.4) is 0 Å². The molecule has 1 aliphatic heterocycles. The van der Waals surface area contributed by atoms with Gasteiger partial charge in [0.05, 0.1) is 25.1 Å². The Hall–Kier alpha value is -2.23. The van der Waals surface area contributed by atoms with E-state index in [9.17, 15) is 9.46 Å². The highest BCUT2D eigenvalue weighted by atomic mass is 31.2. The summed E-state index contributed by atoms with van der Waals surface area (Å²) < 4.78 is 23.6. The Labute approximate surface area is 135 Å². The van der Waals surface area contributed by atoms with Crippen molar-refractivity contribution < 1.29 is 18.7 Å². The number of hydrogen-bond acceptors (Lipinski definition) is 8. The maximum atomic E-state index is 11.3. The summed E-state index contributed by atoms with van der Waals surface area (Å²) in [4.78, 5) is 24.2. The highest BCUT2D eigenvalue weighted by molar-refractivity contribution is 7.51. The summed E-state index contributed by atoms with van der Waals surface area (Å²) >= 11 is 0. The summed E-state index contributed by atoms with van der Waals surface area (Å²) in [6.45, 7) is 0.902. The maximum Gasteiger partial charge on any atom is 0.325 e. The van der Waals surface area contributed by atoms with Gasteiger partial charge in [-0.3, -0.25) is 9.13 Å². The lowest BCUT2D eigenvalue weighted by molar-refractivity contribution is -0.0197. The van der Waals surface area contributed by atoms with Crippen molar-refractivity contribution in [3.8, 4) is 0 Å². The first-order chi connectivity index (χ1) is 11.4. The van der Waals surface area contributed by atoms with E-state index in [0.29, 0.717) is 17.6 Å². The molecule has 1 unspecified atom stereocenters. The number of nitrogen functional groups attached to an aromatic ring is 1. The van der Waals surface area contributed by atoms with Crippen LogP contribution in [0, 0.1) is 0 Å². The molecule has 24 heavy (non-hydrogen) atoms. The van der Waals surface area contributed by atoms with Crippen LogP contribution in [-0.4, -0.2) is 49.8 Å². The van der Waals surface area contributed by atoms with Crippen molar-refractivity contribution in [1.29, 1.82) is 0 Å². The summed E-state index contributed by atoms with van der Waals surface area (Å²) in [6, 6.07) is -0.553. The van der Waals surface area contributed by atoms with Crippen molar-refractivity contribution in [1.82, 2.24) is 19.5 Å². The Morgan fingerprint density at radius 3 is 3.12 bits per heavy atom. The van der Waals surface area contributed by atoms with Crippen molar-refractivity contribution in [3.05, 3.63) is 23.1 Å². The molecule has 2 aromatic rings. The van der Waals surface area contributed by atoms with Crippen LogP contribution in [0.2, 0.25) is 0 Å². The van der Waals surface area contributed by atoms with E-state index in [0.717, 1.165) is 6.66 Å². The van der Waals surface area contributed by atoms with E-state index in [-0.39, 0.29) is 12.4 Å². The fraction of sp³-hybridized carbons (Fsp3) is 0.545. The average Bonchev–Trinajstić information content (AvgIpc) is 3.09. The Morgan fingerprint density at radius 2 is 2.42 bits per heavy atom. The zero-order valence-corrected chi connectivity index (χ0v) is 13.5. The van der Waals surface area contributed by atoms with Gasteiger partial charge < -0.3 is 19.9 Å². The number of nitrogens with two attached hydrogens (primary N) is 1. The largest absolute Gasteiger partial charge is 0.382 e. The average molecular weight is 354 g/mol. The second-order valence-corrected chi connectivity index (χ2v) is 7.18. The second kappa shape index (κ2) is 6.34. The van der Waals surface area contributed by atoms with Crippen LogP contribution in [0.25, 0.3) is 21.6 Å². The molecule has 0 radical (unpaired) electrons. The number of aromatic nitrogens is 4. The molecule has 13 heteroatoms. The molecule has 1 aliphatic rings. The molecule has 128 valence electrons. The van der Waals surface area contributed by atoms with Crippen LogP contribution in [0.15, 0.2) is 17.8 Å². The number of ether oxygens (including phenoxy) is 1. The van der Waals surface area contributed by atoms with E-state index in [1.54, 1.807) is 4.57 Å². The molecule has 0 bridgehead atoms. The van der Waals surface area contributed by atoms with Gasteiger partial charge in [-0.2, -0.15) is 0 Å². The number of azide groups is 1. The molecule has 12 nitrogen and oxygen atoms in total. The number of nitrogens with zero attached hydrogens (tertiary/aromatic N) is 7. The lowest BCUT2D eigenvalue weighted by atomic mass is 10.1. The zero-order valence-electron chi connectivity index (χ0n) is 12.6. The van der Waals surface area contributed by atoms with Crippen LogP contribution in [-0.2, 0) is 13.8 Å². The monoisotopic (exact) mass is 354 g/mol. The second-order valence-electron chi connectivity index (χ2n) is 5.32. The molecule has 1 fully saturated rings. The molecule has 0 amide bonds. The highest BCUT2D eigenvalue weighted by Crippen LogP contribution is 2.39. The fourth-order valence-electron chi connectivity index (χ4n) is 2.52. The molecule has 0 aromatic carbocycles. The van der Waals surface area contributed by atoms with Crippen molar-refractivity contribution in [2.75, 3.05) is 19.0 Å². The van der Waals surface area contributed by atoms with Gasteiger partial charge in [0.25, 0.3) is 0 Å². The van der Waals surface area contributed by atoms with E-state index in [1.807, 2.05) is 0 Å². The van der Waals surface area contributed by atoms with E-state index in [4.69, 9.17) is 20.5 Å². The molecule has 3 heterocycles. The van der Waals surface area contributed by atoms with Crippen molar-refractivity contribution in [3.63, 3.8) is 0 Å². The Bertz CT molecular complexity index is 844. The summed E-state index contributed by atoms with van der Waals surface area (Å²) in [5.74, 6) is 0.246. The van der Waals surface area contributed by atoms with Gasteiger partial charge in [-0.1, -0.05) is 5.11 Å². The van der Waals surface area contributed by atoms with Crippen LogP contribution in [0.1, 0.15) is 12.6 Å². The topological polar surface area (TPSA) is 174 Å². The summed E-state index contributed by atoms with van der Waals surface area (Å²) in [5, 5.41) is 3.68. The van der Waals surface area contributed by atoms with Gasteiger partial charge in [-0.15, -0.1) is 0 Å². The molecular formula is C11H15N8O4P. The summed E-state index contributed by atoms with van der Waals surface area (Å²) in [7, 11) is -3.66. The third-order valence-corrected chi connectivity index (χ3v) is 4.21.